The Hall–Kier alpha value is -1.77. The Bertz CT molecular complexity index is 733. The van der Waals surface area contributed by atoms with Crippen molar-refractivity contribution >= 4 is 22.6 Å². The van der Waals surface area contributed by atoms with Gasteiger partial charge in [-0.3, -0.25) is 0 Å². The highest BCUT2D eigenvalue weighted by atomic mass is 35.5. The van der Waals surface area contributed by atoms with Gasteiger partial charge in [-0.1, -0.05) is 41.9 Å². The minimum atomic E-state index is 0.165. The number of fused-ring (bicyclic) bond motifs is 1. The molecule has 0 bridgehead atoms. The van der Waals surface area contributed by atoms with Crippen LogP contribution in [-0.4, -0.2) is 7.05 Å². The number of halogens is 1. The number of hydrogen-bond acceptors (Lipinski definition) is 2. The van der Waals surface area contributed by atoms with E-state index < -0.39 is 0 Å². The molecular formula is C17H16ClNO. The van der Waals surface area contributed by atoms with E-state index in [0.717, 1.165) is 27.9 Å². The smallest absolute Gasteiger partial charge is 0.152 e. The van der Waals surface area contributed by atoms with Crippen molar-refractivity contribution < 1.29 is 4.42 Å². The lowest BCUT2D eigenvalue weighted by molar-refractivity contribution is 0.475. The molecule has 0 fully saturated rings. The van der Waals surface area contributed by atoms with Crippen molar-refractivity contribution in [2.75, 3.05) is 7.05 Å². The van der Waals surface area contributed by atoms with E-state index in [2.05, 4.69) is 36.5 Å². The maximum Gasteiger partial charge on any atom is 0.152 e. The summed E-state index contributed by atoms with van der Waals surface area (Å²) in [4.78, 5) is 0. The number of hydrogen-bond donors (Lipinski definition) is 1. The van der Waals surface area contributed by atoms with E-state index in [4.69, 9.17) is 16.0 Å². The first-order valence-electron chi connectivity index (χ1n) is 6.64. The van der Waals surface area contributed by atoms with E-state index in [1.165, 1.54) is 0 Å². The van der Waals surface area contributed by atoms with Crippen LogP contribution < -0.4 is 5.32 Å². The van der Waals surface area contributed by atoms with Gasteiger partial charge in [0, 0.05) is 5.39 Å². The zero-order valence-corrected chi connectivity index (χ0v) is 12.2. The molecule has 2 nitrogen and oxygen atoms in total. The molecule has 0 aliphatic carbocycles. The number of benzene rings is 2. The van der Waals surface area contributed by atoms with Crippen LogP contribution in [0.1, 0.15) is 18.7 Å². The molecule has 0 aliphatic rings. The molecule has 3 heteroatoms. The van der Waals surface area contributed by atoms with Gasteiger partial charge in [-0.15, -0.1) is 0 Å². The Morgan fingerprint density at radius 3 is 2.50 bits per heavy atom. The third-order valence-electron chi connectivity index (χ3n) is 3.56. The lowest BCUT2D eigenvalue weighted by Gasteiger charge is -2.04. The summed E-state index contributed by atoms with van der Waals surface area (Å²) in [7, 11) is 1.91. The van der Waals surface area contributed by atoms with Crippen LogP contribution >= 0.6 is 11.6 Å². The molecule has 0 radical (unpaired) electrons. The van der Waals surface area contributed by atoms with Crippen LogP contribution in [0.2, 0.25) is 5.02 Å². The molecule has 20 heavy (non-hydrogen) atoms. The number of nitrogens with one attached hydrogen (secondary N) is 1. The van der Waals surface area contributed by atoms with Crippen LogP contribution in [0, 0.1) is 0 Å². The van der Waals surface area contributed by atoms with Gasteiger partial charge in [0.25, 0.3) is 0 Å². The van der Waals surface area contributed by atoms with E-state index >= 15 is 0 Å². The Morgan fingerprint density at radius 2 is 1.80 bits per heavy atom. The molecule has 3 aromatic rings. The van der Waals surface area contributed by atoms with Gasteiger partial charge in [0.1, 0.15) is 5.76 Å². The second kappa shape index (κ2) is 5.31. The van der Waals surface area contributed by atoms with Crippen LogP contribution in [-0.2, 0) is 0 Å². The zero-order chi connectivity index (χ0) is 14.1. The highest BCUT2D eigenvalue weighted by Crippen LogP contribution is 2.34. The highest BCUT2D eigenvalue weighted by Gasteiger charge is 2.13. The first-order chi connectivity index (χ1) is 9.69. The lowest BCUT2D eigenvalue weighted by atomic mass is 10.0. The van der Waals surface area contributed by atoms with Gasteiger partial charge >= 0.3 is 0 Å². The molecule has 0 saturated carbocycles. The minimum Gasteiger partial charge on any atom is -0.458 e. The van der Waals surface area contributed by atoms with E-state index in [0.29, 0.717) is 5.02 Å². The van der Waals surface area contributed by atoms with Crippen LogP contribution in [0.3, 0.4) is 0 Å². The van der Waals surface area contributed by atoms with Gasteiger partial charge in [-0.2, -0.15) is 0 Å². The molecule has 1 unspecified atom stereocenters. The Balaban J connectivity index is 2.14. The highest BCUT2D eigenvalue weighted by molar-refractivity contribution is 6.35. The molecule has 1 N–H and O–H groups in total. The first-order valence-corrected chi connectivity index (χ1v) is 7.02. The maximum absolute atomic E-state index is 6.36. The molecule has 0 aliphatic heterocycles. The number of furan rings is 1. The average Bonchev–Trinajstić information content (AvgIpc) is 2.92. The quantitative estimate of drug-likeness (QED) is 0.730. The van der Waals surface area contributed by atoms with Crippen LogP contribution in [0.25, 0.3) is 22.1 Å². The third-order valence-corrected chi connectivity index (χ3v) is 3.84. The molecule has 0 saturated heterocycles. The zero-order valence-electron chi connectivity index (χ0n) is 11.5. The van der Waals surface area contributed by atoms with Crippen LogP contribution in [0.4, 0.5) is 0 Å². The summed E-state index contributed by atoms with van der Waals surface area (Å²) >= 11 is 6.36. The summed E-state index contributed by atoms with van der Waals surface area (Å²) in [5.41, 5.74) is 3.01. The third kappa shape index (κ3) is 2.33. The van der Waals surface area contributed by atoms with E-state index in [1.54, 1.807) is 0 Å². The molecule has 1 heterocycles. The molecule has 1 atom stereocenters. The molecule has 2 aromatic carbocycles. The van der Waals surface area contributed by atoms with Crippen molar-refractivity contribution in [1.82, 2.24) is 5.32 Å². The van der Waals surface area contributed by atoms with Crippen molar-refractivity contribution in [3.63, 3.8) is 0 Å². The predicted molar refractivity (Wildman–Crippen MR) is 84.1 cm³/mol. The van der Waals surface area contributed by atoms with E-state index in [1.807, 2.05) is 31.3 Å². The SMILES string of the molecule is CNC(C)c1cc2cc(-c3ccccc3)cc(Cl)c2o1. The van der Waals surface area contributed by atoms with Crippen molar-refractivity contribution in [1.29, 1.82) is 0 Å². The largest absolute Gasteiger partial charge is 0.458 e. The fourth-order valence-corrected chi connectivity index (χ4v) is 2.55. The maximum atomic E-state index is 6.36. The van der Waals surface area contributed by atoms with Crippen LogP contribution in [0.5, 0.6) is 0 Å². The van der Waals surface area contributed by atoms with Gasteiger partial charge in [-0.05, 0) is 43.3 Å². The Labute approximate surface area is 123 Å². The van der Waals surface area contributed by atoms with E-state index in [-0.39, 0.29) is 6.04 Å². The summed E-state index contributed by atoms with van der Waals surface area (Å²) in [6.07, 6.45) is 0. The van der Waals surface area contributed by atoms with Crippen molar-refractivity contribution in [2.24, 2.45) is 0 Å². The lowest BCUT2D eigenvalue weighted by Crippen LogP contribution is -2.10. The molecule has 3 rings (SSSR count). The fourth-order valence-electron chi connectivity index (χ4n) is 2.28. The van der Waals surface area contributed by atoms with E-state index in [9.17, 15) is 0 Å². The van der Waals surface area contributed by atoms with Crippen molar-refractivity contribution in [2.45, 2.75) is 13.0 Å². The number of rotatable bonds is 3. The Morgan fingerprint density at radius 1 is 1.05 bits per heavy atom. The van der Waals surface area contributed by atoms with Crippen molar-refractivity contribution in [3.05, 3.63) is 59.3 Å². The van der Waals surface area contributed by atoms with Gasteiger partial charge in [-0.25, -0.2) is 0 Å². The predicted octanol–water partition coefficient (Wildman–Crippen LogP) is 5.03. The topological polar surface area (TPSA) is 25.2 Å². The first kappa shape index (κ1) is 13.2. The molecule has 0 amide bonds. The molecular weight excluding hydrogens is 270 g/mol. The summed E-state index contributed by atoms with van der Waals surface area (Å²) in [6.45, 7) is 2.06. The van der Waals surface area contributed by atoms with Gasteiger partial charge < -0.3 is 9.73 Å². The standard InChI is InChI=1S/C17H16ClNO/c1-11(19-2)16-10-14-8-13(9-15(18)17(14)20-16)12-6-4-3-5-7-12/h3-11,19H,1-2H3. The normalized spacial score (nSPS) is 12.8. The average molecular weight is 286 g/mol. The molecule has 0 spiro atoms. The summed E-state index contributed by atoms with van der Waals surface area (Å²) in [5.74, 6) is 0.898. The van der Waals surface area contributed by atoms with Crippen molar-refractivity contribution in [3.8, 4) is 11.1 Å². The van der Waals surface area contributed by atoms with Gasteiger partial charge in [0.05, 0.1) is 11.1 Å². The van der Waals surface area contributed by atoms with Gasteiger partial charge in [0.2, 0.25) is 0 Å². The minimum absolute atomic E-state index is 0.165. The fraction of sp³-hybridized carbons (Fsp3) is 0.176. The Kier molecular flexibility index (Phi) is 3.51. The summed E-state index contributed by atoms with van der Waals surface area (Å²) in [5, 5.41) is 4.86. The summed E-state index contributed by atoms with van der Waals surface area (Å²) in [6, 6.07) is 16.5. The van der Waals surface area contributed by atoms with Gasteiger partial charge in [0.15, 0.2) is 5.58 Å². The monoisotopic (exact) mass is 285 g/mol. The summed E-state index contributed by atoms with van der Waals surface area (Å²) < 4.78 is 5.85. The second-order valence-corrected chi connectivity index (χ2v) is 5.31. The molecule has 102 valence electrons. The molecule has 1 aromatic heterocycles. The second-order valence-electron chi connectivity index (χ2n) is 4.90. The van der Waals surface area contributed by atoms with Crippen LogP contribution in [0.15, 0.2) is 52.9 Å².